The molecular formula is C16H33IN4O3. The van der Waals surface area contributed by atoms with Crippen LogP contribution in [0, 0.1) is 5.92 Å². The highest BCUT2D eigenvalue weighted by molar-refractivity contribution is 14.0. The second-order valence-electron chi connectivity index (χ2n) is 5.94. The van der Waals surface area contributed by atoms with Crippen LogP contribution in [0.3, 0.4) is 0 Å². The predicted molar refractivity (Wildman–Crippen MR) is 107 cm³/mol. The predicted octanol–water partition coefficient (Wildman–Crippen LogP) is 1.03. The number of amides is 1. The van der Waals surface area contributed by atoms with Crippen LogP contribution in [0.2, 0.25) is 0 Å². The molecule has 0 aromatic rings. The van der Waals surface area contributed by atoms with E-state index in [2.05, 4.69) is 22.1 Å². The zero-order chi connectivity index (χ0) is 17.1. The average Bonchev–Trinajstić information content (AvgIpc) is 2.99. The zero-order valence-corrected chi connectivity index (χ0v) is 17.7. The van der Waals surface area contributed by atoms with Gasteiger partial charge in [-0.15, -0.1) is 24.0 Å². The minimum absolute atomic E-state index is 0. The molecule has 1 heterocycles. The lowest BCUT2D eigenvalue weighted by Crippen LogP contribution is -2.40. The number of likely N-dealkylation sites (tertiary alicyclic amines) is 1. The van der Waals surface area contributed by atoms with Crippen molar-refractivity contribution in [2.45, 2.75) is 19.8 Å². The van der Waals surface area contributed by atoms with E-state index in [9.17, 15) is 4.79 Å². The molecule has 0 aromatic heterocycles. The maximum atomic E-state index is 11.6. The molecule has 0 radical (unpaired) electrons. The Hall–Kier alpha value is -0.610. The molecule has 1 aliphatic rings. The summed E-state index contributed by atoms with van der Waals surface area (Å²) >= 11 is 0. The van der Waals surface area contributed by atoms with Gasteiger partial charge in [0.15, 0.2) is 5.96 Å². The van der Waals surface area contributed by atoms with Crippen molar-refractivity contribution in [1.82, 2.24) is 15.1 Å². The van der Waals surface area contributed by atoms with E-state index in [4.69, 9.17) is 9.47 Å². The molecule has 1 saturated heterocycles. The second-order valence-corrected chi connectivity index (χ2v) is 5.94. The van der Waals surface area contributed by atoms with Gasteiger partial charge in [0.25, 0.3) is 0 Å². The van der Waals surface area contributed by atoms with Crippen LogP contribution in [0.5, 0.6) is 0 Å². The van der Waals surface area contributed by atoms with Gasteiger partial charge < -0.3 is 24.6 Å². The molecule has 0 saturated carbocycles. The van der Waals surface area contributed by atoms with Crippen LogP contribution in [0.1, 0.15) is 19.8 Å². The molecule has 0 bridgehead atoms. The summed E-state index contributed by atoms with van der Waals surface area (Å²) in [6.45, 7) is 7.37. The minimum Gasteiger partial charge on any atom is -0.382 e. The Balaban J connectivity index is 0.00000529. The van der Waals surface area contributed by atoms with E-state index >= 15 is 0 Å². The van der Waals surface area contributed by atoms with Gasteiger partial charge in [0.2, 0.25) is 5.91 Å². The number of carbonyl (C=O) groups is 1. The lowest BCUT2D eigenvalue weighted by Gasteiger charge is -2.21. The topological polar surface area (TPSA) is 66.4 Å². The molecule has 142 valence electrons. The van der Waals surface area contributed by atoms with Gasteiger partial charge in [-0.3, -0.25) is 9.79 Å². The van der Waals surface area contributed by atoms with Gasteiger partial charge in [-0.1, -0.05) is 0 Å². The fourth-order valence-corrected chi connectivity index (χ4v) is 2.46. The number of halogens is 1. The summed E-state index contributed by atoms with van der Waals surface area (Å²) < 4.78 is 10.6. The highest BCUT2D eigenvalue weighted by atomic mass is 127. The summed E-state index contributed by atoms with van der Waals surface area (Å²) in [6, 6.07) is 0. The van der Waals surface area contributed by atoms with Gasteiger partial charge in [0.1, 0.15) is 0 Å². The SMILES string of the molecule is CCNC(=NCCC(=O)N(C)C)N1CCC(COCCOC)C1.I. The Labute approximate surface area is 163 Å². The first-order valence-corrected chi connectivity index (χ1v) is 8.38. The van der Waals surface area contributed by atoms with Crippen LogP contribution >= 0.6 is 24.0 Å². The van der Waals surface area contributed by atoms with Gasteiger partial charge in [-0.05, 0) is 13.3 Å². The van der Waals surface area contributed by atoms with Gasteiger partial charge in [-0.2, -0.15) is 0 Å². The number of ether oxygens (including phenoxy) is 2. The highest BCUT2D eigenvalue weighted by Gasteiger charge is 2.24. The molecule has 1 amide bonds. The molecule has 1 atom stereocenters. The van der Waals surface area contributed by atoms with E-state index in [-0.39, 0.29) is 29.9 Å². The van der Waals surface area contributed by atoms with E-state index in [1.807, 2.05) is 0 Å². The summed E-state index contributed by atoms with van der Waals surface area (Å²) in [5, 5.41) is 3.31. The Kier molecular flexibility index (Phi) is 13.3. The number of carbonyl (C=O) groups excluding carboxylic acids is 1. The molecule has 8 heteroatoms. The van der Waals surface area contributed by atoms with Crippen molar-refractivity contribution in [1.29, 1.82) is 0 Å². The number of aliphatic imine (C=N–C) groups is 1. The van der Waals surface area contributed by atoms with Crippen LogP contribution in [-0.4, -0.2) is 88.9 Å². The number of guanidine groups is 1. The van der Waals surface area contributed by atoms with Crippen LogP contribution < -0.4 is 5.32 Å². The number of hydrogen-bond donors (Lipinski definition) is 1. The Morgan fingerprint density at radius 3 is 2.75 bits per heavy atom. The number of hydrogen-bond acceptors (Lipinski definition) is 4. The van der Waals surface area contributed by atoms with Crippen molar-refractivity contribution < 1.29 is 14.3 Å². The number of rotatable bonds is 9. The van der Waals surface area contributed by atoms with Crippen LogP contribution in [0.25, 0.3) is 0 Å². The monoisotopic (exact) mass is 456 g/mol. The Bertz CT molecular complexity index is 380. The van der Waals surface area contributed by atoms with E-state index in [1.165, 1.54) is 0 Å². The van der Waals surface area contributed by atoms with Gasteiger partial charge in [0.05, 0.1) is 26.4 Å². The summed E-state index contributed by atoms with van der Waals surface area (Å²) in [6.07, 6.45) is 1.55. The third kappa shape index (κ3) is 9.03. The zero-order valence-electron chi connectivity index (χ0n) is 15.4. The molecule has 1 fully saturated rings. The first-order valence-electron chi connectivity index (χ1n) is 8.38. The van der Waals surface area contributed by atoms with E-state index in [0.29, 0.717) is 32.1 Å². The summed E-state index contributed by atoms with van der Waals surface area (Å²) in [5.74, 6) is 1.54. The molecule has 0 aromatic carbocycles. The lowest BCUT2D eigenvalue weighted by molar-refractivity contribution is -0.128. The average molecular weight is 456 g/mol. The third-order valence-electron chi connectivity index (χ3n) is 3.79. The van der Waals surface area contributed by atoms with Gasteiger partial charge >= 0.3 is 0 Å². The number of nitrogens with one attached hydrogen (secondary N) is 1. The summed E-state index contributed by atoms with van der Waals surface area (Å²) in [4.78, 5) is 20.1. The fourth-order valence-electron chi connectivity index (χ4n) is 2.46. The molecule has 1 unspecified atom stereocenters. The molecule has 0 aliphatic carbocycles. The fraction of sp³-hybridized carbons (Fsp3) is 0.875. The largest absolute Gasteiger partial charge is 0.382 e. The maximum Gasteiger partial charge on any atom is 0.223 e. The molecule has 0 spiro atoms. The van der Waals surface area contributed by atoms with E-state index in [1.54, 1.807) is 26.1 Å². The normalized spacial score (nSPS) is 17.6. The minimum atomic E-state index is 0. The summed E-state index contributed by atoms with van der Waals surface area (Å²) in [7, 11) is 5.22. The molecular weight excluding hydrogens is 423 g/mol. The standard InChI is InChI=1S/C16H32N4O3.HI/c1-5-17-16(18-8-6-15(21)19(2)3)20-9-7-14(12-20)13-23-11-10-22-4;/h14H,5-13H2,1-4H3,(H,17,18);1H. The Morgan fingerprint density at radius 2 is 2.12 bits per heavy atom. The van der Waals surface area contributed by atoms with Crippen molar-refractivity contribution in [3.63, 3.8) is 0 Å². The highest BCUT2D eigenvalue weighted by Crippen LogP contribution is 2.16. The van der Waals surface area contributed by atoms with Crippen molar-refractivity contribution in [3.05, 3.63) is 0 Å². The first-order chi connectivity index (χ1) is 11.1. The molecule has 1 N–H and O–H groups in total. The van der Waals surface area contributed by atoms with Crippen LogP contribution in [-0.2, 0) is 14.3 Å². The first kappa shape index (κ1) is 23.4. The van der Waals surface area contributed by atoms with E-state index < -0.39 is 0 Å². The van der Waals surface area contributed by atoms with Crippen LogP contribution in [0.15, 0.2) is 4.99 Å². The molecule has 24 heavy (non-hydrogen) atoms. The lowest BCUT2D eigenvalue weighted by atomic mass is 10.1. The smallest absolute Gasteiger partial charge is 0.223 e. The third-order valence-corrected chi connectivity index (χ3v) is 3.79. The maximum absolute atomic E-state index is 11.6. The molecule has 7 nitrogen and oxygen atoms in total. The molecule has 1 aliphatic heterocycles. The quantitative estimate of drug-likeness (QED) is 0.243. The Morgan fingerprint density at radius 1 is 1.38 bits per heavy atom. The van der Waals surface area contributed by atoms with Crippen molar-refractivity contribution >= 4 is 35.8 Å². The number of methoxy groups -OCH3 is 1. The summed E-state index contributed by atoms with van der Waals surface area (Å²) in [5.41, 5.74) is 0. The van der Waals surface area contributed by atoms with Crippen LogP contribution in [0.4, 0.5) is 0 Å². The van der Waals surface area contributed by atoms with Gasteiger partial charge in [-0.25, -0.2) is 0 Å². The number of nitrogens with zero attached hydrogens (tertiary/aromatic N) is 3. The van der Waals surface area contributed by atoms with Crippen molar-refractivity contribution in [2.75, 3.05) is 67.2 Å². The van der Waals surface area contributed by atoms with E-state index in [0.717, 1.165) is 38.6 Å². The van der Waals surface area contributed by atoms with Crippen molar-refractivity contribution in [3.8, 4) is 0 Å². The second kappa shape index (κ2) is 13.7. The molecule has 1 rings (SSSR count). The van der Waals surface area contributed by atoms with Crippen molar-refractivity contribution in [2.24, 2.45) is 10.9 Å². The van der Waals surface area contributed by atoms with Gasteiger partial charge in [0, 0.05) is 53.2 Å².